The van der Waals surface area contributed by atoms with Gasteiger partial charge in [0.05, 0.1) is 0 Å². The highest BCUT2D eigenvalue weighted by molar-refractivity contribution is 9.10. The lowest BCUT2D eigenvalue weighted by molar-refractivity contribution is 0.622. The number of aromatic nitrogens is 2. The van der Waals surface area contributed by atoms with Gasteiger partial charge < -0.3 is 4.98 Å². The monoisotopic (exact) mass is 246 g/mol. The van der Waals surface area contributed by atoms with Gasteiger partial charge in [0.1, 0.15) is 0 Å². The Kier molecular flexibility index (Phi) is 2.76. The van der Waals surface area contributed by atoms with Crippen LogP contribution in [0.1, 0.15) is 24.5 Å². The first-order valence-electron chi connectivity index (χ1n) is 4.14. The second kappa shape index (κ2) is 3.83. The minimum atomic E-state index is 0.713. The van der Waals surface area contributed by atoms with E-state index in [0.717, 1.165) is 4.73 Å². The first-order valence-corrected chi connectivity index (χ1v) is 6.09. The van der Waals surface area contributed by atoms with Crippen LogP contribution in [0.3, 0.4) is 0 Å². The van der Waals surface area contributed by atoms with Crippen molar-refractivity contribution in [1.82, 2.24) is 9.97 Å². The molecule has 0 saturated carbocycles. The molecule has 0 aromatic carbocycles. The third-order valence-electron chi connectivity index (χ3n) is 2.23. The van der Waals surface area contributed by atoms with E-state index in [1.807, 2.05) is 6.20 Å². The van der Waals surface area contributed by atoms with Crippen LogP contribution in [-0.4, -0.2) is 21.5 Å². The van der Waals surface area contributed by atoms with Gasteiger partial charge in [-0.15, -0.1) is 0 Å². The van der Waals surface area contributed by atoms with Gasteiger partial charge in [-0.05, 0) is 40.3 Å². The molecule has 2 nitrogen and oxygen atoms in total. The average molecular weight is 247 g/mol. The van der Waals surface area contributed by atoms with Crippen molar-refractivity contribution in [1.29, 1.82) is 0 Å². The van der Waals surface area contributed by atoms with Gasteiger partial charge in [-0.2, -0.15) is 11.8 Å². The Bertz CT molecular complexity index is 255. The first-order chi connectivity index (χ1) is 5.86. The quantitative estimate of drug-likeness (QED) is 0.826. The maximum atomic E-state index is 4.15. The van der Waals surface area contributed by atoms with Crippen molar-refractivity contribution >= 4 is 27.7 Å². The molecule has 2 heterocycles. The fourth-order valence-corrected chi connectivity index (χ4v) is 2.96. The smallest absolute Gasteiger partial charge is 0.174 e. The van der Waals surface area contributed by atoms with Gasteiger partial charge in [0, 0.05) is 17.8 Å². The Morgan fingerprint density at radius 2 is 2.25 bits per heavy atom. The van der Waals surface area contributed by atoms with Crippen molar-refractivity contribution in [2.75, 3.05) is 11.5 Å². The number of imidazole rings is 1. The molecule has 0 spiro atoms. The van der Waals surface area contributed by atoms with Crippen molar-refractivity contribution in [3.8, 4) is 0 Å². The molecule has 0 aliphatic carbocycles. The molecule has 0 atom stereocenters. The number of halogens is 1. The lowest BCUT2D eigenvalue weighted by Crippen LogP contribution is -2.07. The van der Waals surface area contributed by atoms with Gasteiger partial charge in [-0.1, -0.05) is 0 Å². The topological polar surface area (TPSA) is 28.7 Å². The van der Waals surface area contributed by atoms with Gasteiger partial charge in [0.2, 0.25) is 0 Å². The van der Waals surface area contributed by atoms with Gasteiger partial charge >= 0.3 is 0 Å². The fourth-order valence-electron chi connectivity index (χ4n) is 1.53. The van der Waals surface area contributed by atoms with Gasteiger partial charge in [-0.3, -0.25) is 0 Å². The molecular weight excluding hydrogens is 236 g/mol. The molecule has 0 amide bonds. The molecule has 66 valence electrons. The van der Waals surface area contributed by atoms with Crippen LogP contribution >= 0.6 is 27.7 Å². The molecule has 4 heteroatoms. The van der Waals surface area contributed by atoms with Crippen LogP contribution < -0.4 is 0 Å². The van der Waals surface area contributed by atoms with Crippen molar-refractivity contribution < 1.29 is 0 Å². The Morgan fingerprint density at radius 1 is 1.50 bits per heavy atom. The fraction of sp³-hybridized carbons (Fsp3) is 0.625. The summed E-state index contributed by atoms with van der Waals surface area (Å²) in [5, 5.41) is 0. The molecule has 1 aliphatic rings. The number of hydrogen-bond acceptors (Lipinski definition) is 2. The summed E-state index contributed by atoms with van der Waals surface area (Å²) in [6.07, 6.45) is 4.53. The normalized spacial score (nSPS) is 19.8. The Labute approximate surface area is 84.7 Å². The zero-order valence-corrected chi connectivity index (χ0v) is 9.12. The summed E-state index contributed by atoms with van der Waals surface area (Å²) < 4.78 is 0.857. The number of aromatic amines is 1. The third-order valence-corrected chi connectivity index (χ3v) is 3.68. The van der Waals surface area contributed by atoms with E-state index < -0.39 is 0 Å². The second-order valence-corrected chi connectivity index (χ2v) is 4.99. The summed E-state index contributed by atoms with van der Waals surface area (Å²) in [7, 11) is 0. The highest BCUT2D eigenvalue weighted by atomic mass is 79.9. The highest BCUT2D eigenvalue weighted by Crippen LogP contribution is 2.30. The lowest BCUT2D eigenvalue weighted by Gasteiger charge is -2.19. The summed E-state index contributed by atoms with van der Waals surface area (Å²) in [6, 6.07) is 0. The van der Waals surface area contributed by atoms with Gasteiger partial charge in [0.25, 0.3) is 0 Å². The van der Waals surface area contributed by atoms with Crippen LogP contribution in [0, 0.1) is 0 Å². The average Bonchev–Trinajstić information content (AvgIpc) is 2.54. The van der Waals surface area contributed by atoms with Crippen LogP contribution in [0.2, 0.25) is 0 Å². The molecular formula is C8H11BrN2S. The Morgan fingerprint density at radius 3 is 2.83 bits per heavy atom. The predicted molar refractivity (Wildman–Crippen MR) is 55.6 cm³/mol. The SMILES string of the molecule is Brc1ncc(C2CCSCC2)[nH]1. The van der Waals surface area contributed by atoms with E-state index in [0.29, 0.717) is 5.92 Å². The number of nitrogens with zero attached hydrogens (tertiary/aromatic N) is 1. The van der Waals surface area contributed by atoms with E-state index in [1.165, 1.54) is 30.0 Å². The molecule has 12 heavy (non-hydrogen) atoms. The molecule has 1 aromatic rings. The number of rotatable bonds is 1. The van der Waals surface area contributed by atoms with Crippen LogP contribution in [-0.2, 0) is 0 Å². The summed E-state index contributed by atoms with van der Waals surface area (Å²) in [6.45, 7) is 0. The van der Waals surface area contributed by atoms with Gasteiger partial charge in [-0.25, -0.2) is 4.98 Å². The number of thioether (sulfide) groups is 1. The molecule has 1 aromatic heterocycles. The molecule has 1 aliphatic heterocycles. The molecule has 0 bridgehead atoms. The van der Waals surface area contributed by atoms with Crippen LogP contribution in [0.15, 0.2) is 10.9 Å². The zero-order valence-electron chi connectivity index (χ0n) is 6.72. The largest absolute Gasteiger partial charge is 0.336 e. The van der Waals surface area contributed by atoms with E-state index in [9.17, 15) is 0 Å². The standard InChI is InChI=1S/C8H11BrN2S/c9-8-10-5-7(11-8)6-1-3-12-4-2-6/h5-6H,1-4H2,(H,10,11). The molecule has 1 saturated heterocycles. The van der Waals surface area contributed by atoms with Crippen molar-refractivity contribution in [3.63, 3.8) is 0 Å². The summed E-state index contributed by atoms with van der Waals surface area (Å²) in [5.41, 5.74) is 1.29. The molecule has 0 radical (unpaired) electrons. The van der Waals surface area contributed by atoms with E-state index in [4.69, 9.17) is 0 Å². The van der Waals surface area contributed by atoms with Crippen LogP contribution in [0.4, 0.5) is 0 Å². The molecule has 1 N–H and O–H groups in total. The Balaban J connectivity index is 2.08. The minimum absolute atomic E-state index is 0.713. The molecule has 2 rings (SSSR count). The molecule has 0 unspecified atom stereocenters. The van der Waals surface area contributed by atoms with E-state index in [1.54, 1.807) is 0 Å². The number of nitrogens with one attached hydrogen (secondary N) is 1. The summed E-state index contributed by atoms with van der Waals surface area (Å²) in [4.78, 5) is 7.39. The lowest BCUT2D eigenvalue weighted by atomic mass is 10.00. The maximum absolute atomic E-state index is 4.15. The number of H-pyrrole nitrogens is 1. The first kappa shape index (κ1) is 8.63. The summed E-state index contributed by atoms with van der Waals surface area (Å²) in [5.74, 6) is 3.30. The maximum Gasteiger partial charge on any atom is 0.174 e. The van der Waals surface area contributed by atoms with E-state index in [2.05, 4.69) is 37.7 Å². The van der Waals surface area contributed by atoms with Crippen molar-refractivity contribution in [2.45, 2.75) is 18.8 Å². The minimum Gasteiger partial charge on any atom is -0.336 e. The van der Waals surface area contributed by atoms with Crippen LogP contribution in [0.5, 0.6) is 0 Å². The van der Waals surface area contributed by atoms with Crippen molar-refractivity contribution in [2.24, 2.45) is 0 Å². The molecule has 1 fully saturated rings. The van der Waals surface area contributed by atoms with Crippen molar-refractivity contribution in [3.05, 3.63) is 16.6 Å². The van der Waals surface area contributed by atoms with Gasteiger partial charge in [0.15, 0.2) is 4.73 Å². The third kappa shape index (κ3) is 1.85. The van der Waals surface area contributed by atoms with E-state index in [-0.39, 0.29) is 0 Å². The highest BCUT2D eigenvalue weighted by Gasteiger charge is 2.17. The van der Waals surface area contributed by atoms with E-state index >= 15 is 0 Å². The Hall–Kier alpha value is 0.0400. The predicted octanol–water partition coefficient (Wildman–Crippen LogP) is 2.78. The van der Waals surface area contributed by atoms with Crippen LogP contribution in [0.25, 0.3) is 0 Å². The zero-order chi connectivity index (χ0) is 8.39. The summed E-state index contributed by atoms with van der Waals surface area (Å²) >= 11 is 5.38. The number of hydrogen-bond donors (Lipinski definition) is 1. The second-order valence-electron chi connectivity index (χ2n) is 3.02.